The first-order chi connectivity index (χ1) is 12.4. The molecule has 0 unspecified atom stereocenters. The molecule has 0 radical (unpaired) electrons. The molecule has 0 bridgehead atoms. The Balaban J connectivity index is 2.35. The van der Waals surface area contributed by atoms with Crippen LogP contribution < -0.4 is 4.74 Å². The Hall–Kier alpha value is -3.09. The lowest BCUT2D eigenvalue weighted by Gasteiger charge is -2.11. The van der Waals surface area contributed by atoms with Gasteiger partial charge >= 0.3 is 5.97 Å². The molecule has 2 aromatic rings. The summed E-state index contributed by atoms with van der Waals surface area (Å²) in [4.78, 5) is 11.4. The fourth-order valence-corrected chi connectivity index (χ4v) is 2.41. The number of carbonyl (C=O) groups is 1. The van der Waals surface area contributed by atoms with Gasteiger partial charge in [0.1, 0.15) is 23.5 Å². The van der Waals surface area contributed by atoms with E-state index in [1.54, 1.807) is 12.2 Å². The zero-order valence-electron chi connectivity index (χ0n) is 14.8. The molecule has 0 saturated heterocycles. The zero-order valence-corrected chi connectivity index (χ0v) is 14.8. The average molecular weight is 361 g/mol. The fourth-order valence-electron chi connectivity index (χ4n) is 2.41. The van der Waals surface area contributed by atoms with E-state index in [1.807, 2.05) is 13.0 Å². The van der Waals surface area contributed by atoms with Crippen LogP contribution in [0.5, 0.6) is 5.75 Å². The normalized spacial score (nSPS) is 11.9. The highest BCUT2D eigenvalue weighted by atomic mass is 19.1. The van der Waals surface area contributed by atoms with Crippen LogP contribution in [0.15, 0.2) is 40.4 Å². The fraction of sp³-hybridized carbons (Fsp3) is 0.263. The lowest BCUT2D eigenvalue weighted by molar-refractivity contribution is 0.0696. The van der Waals surface area contributed by atoms with Crippen molar-refractivity contribution in [3.8, 4) is 5.75 Å². The maximum Gasteiger partial charge on any atom is 0.340 e. The van der Waals surface area contributed by atoms with Crippen molar-refractivity contribution in [2.45, 2.75) is 20.3 Å². The highest BCUT2D eigenvalue weighted by molar-refractivity contribution is 6.04. The molecule has 1 aromatic heterocycles. The number of rotatable bonds is 7. The van der Waals surface area contributed by atoms with Crippen molar-refractivity contribution in [1.29, 1.82) is 5.41 Å². The lowest BCUT2D eigenvalue weighted by atomic mass is 10.1. The first-order valence-electron chi connectivity index (χ1n) is 7.97. The second-order valence-corrected chi connectivity index (χ2v) is 5.44. The number of allylic oxidation sites excluding steroid dienone is 3. The van der Waals surface area contributed by atoms with Crippen LogP contribution in [-0.2, 0) is 4.74 Å². The third kappa shape index (κ3) is 3.93. The van der Waals surface area contributed by atoms with Crippen LogP contribution in [-0.4, -0.2) is 30.7 Å². The monoisotopic (exact) mass is 361 g/mol. The molecule has 26 heavy (non-hydrogen) atoms. The zero-order chi connectivity index (χ0) is 19.3. The molecule has 0 saturated carbocycles. The van der Waals surface area contributed by atoms with E-state index < -0.39 is 11.8 Å². The van der Waals surface area contributed by atoms with Gasteiger partial charge in [0.15, 0.2) is 11.6 Å². The summed E-state index contributed by atoms with van der Waals surface area (Å²) in [5.74, 6) is -2.20. The quantitative estimate of drug-likeness (QED) is 0.431. The first-order valence-corrected chi connectivity index (χ1v) is 7.97. The van der Waals surface area contributed by atoms with E-state index in [0.29, 0.717) is 5.57 Å². The smallest absolute Gasteiger partial charge is 0.340 e. The van der Waals surface area contributed by atoms with Crippen LogP contribution in [0.1, 0.15) is 29.5 Å². The van der Waals surface area contributed by atoms with Crippen LogP contribution in [0.3, 0.4) is 0 Å². The molecule has 1 aromatic carbocycles. The molecule has 0 aliphatic rings. The van der Waals surface area contributed by atoms with Gasteiger partial charge in [-0.3, -0.25) is 5.41 Å². The van der Waals surface area contributed by atoms with Crippen LogP contribution in [0.4, 0.5) is 4.39 Å². The number of carboxylic acid groups (broad SMARTS) is 1. The SMILES string of the molecule is CC/C=C\C=C(\COc1ccc2oc(C)c(C(=O)O)c2c1F)C(=N)OC. The highest BCUT2D eigenvalue weighted by Gasteiger charge is 2.23. The van der Waals surface area contributed by atoms with Gasteiger partial charge in [0.25, 0.3) is 0 Å². The number of nitrogens with one attached hydrogen (secondary N) is 1. The maximum absolute atomic E-state index is 14.8. The van der Waals surface area contributed by atoms with E-state index in [-0.39, 0.29) is 40.5 Å². The summed E-state index contributed by atoms with van der Waals surface area (Å²) in [7, 11) is 1.36. The Morgan fingerprint density at radius 1 is 1.42 bits per heavy atom. The Labute approximate surface area is 150 Å². The molecule has 7 heteroatoms. The van der Waals surface area contributed by atoms with E-state index in [9.17, 15) is 14.3 Å². The Bertz CT molecular complexity index is 895. The van der Waals surface area contributed by atoms with Crippen molar-refractivity contribution in [3.63, 3.8) is 0 Å². The number of halogens is 1. The molecule has 0 aliphatic carbocycles. The summed E-state index contributed by atoms with van der Waals surface area (Å²) in [6.45, 7) is 3.33. The van der Waals surface area contributed by atoms with Crippen molar-refractivity contribution < 1.29 is 28.2 Å². The molecular weight excluding hydrogens is 341 g/mol. The largest absolute Gasteiger partial charge is 0.486 e. The van der Waals surface area contributed by atoms with Gasteiger partial charge in [-0.05, 0) is 25.5 Å². The second kappa shape index (κ2) is 8.33. The minimum atomic E-state index is -1.27. The molecule has 0 aliphatic heterocycles. The number of furan rings is 1. The number of hydrogen-bond acceptors (Lipinski definition) is 5. The molecule has 6 nitrogen and oxygen atoms in total. The molecule has 0 amide bonds. The van der Waals surface area contributed by atoms with Gasteiger partial charge in [-0.15, -0.1) is 0 Å². The summed E-state index contributed by atoms with van der Waals surface area (Å²) >= 11 is 0. The lowest BCUT2D eigenvalue weighted by Crippen LogP contribution is -2.12. The van der Waals surface area contributed by atoms with Crippen molar-refractivity contribution in [2.75, 3.05) is 13.7 Å². The summed E-state index contributed by atoms with van der Waals surface area (Å²) in [6, 6.07) is 2.82. The maximum atomic E-state index is 14.8. The minimum Gasteiger partial charge on any atom is -0.486 e. The van der Waals surface area contributed by atoms with Crippen molar-refractivity contribution in [1.82, 2.24) is 0 Å². The third-order valence-corrected chi connectivity index (χ3v) is 3.70. The highest BCUT2D eigenvalue weighted by Crippen LogP contribution is 2.33. The number of aromatic carboxylic acids is 1. The summed E-state index contributed by atoms with van der Waals surface area (Å²) in [5.41, 5.74) is 0.323. The van der Waals surface area contributed by atoms with Crippen molar-refractivity contribution >= 4 is 22.8 Å². The van der Waals surface area contributed by atoms with Gasteiger partial charge in [-0.2, -0.15) is 0 Å². The van der Waals surface area contributed by atoms with E-state index in [0.717, 1.165) is 6.42 Å². The van der Waals surface area contributed by atoms with Crippen LogP contribution >= 0.6 is 0 Å². The second-order valence-electron chi connectivity index (χ2n) is 5.44. The molecule has 1 heterocycles. The number of hydrogen-bond donors (Lipinski definition) is 2. The van der Waals surface area contributed by atoms with E-state index >= 15 is 0 Å². The van der Waals surface area contributed by atoms with Gasteiger partial charge in [0.2, 0.25) is 5.90 Å². The van der Waals surface area contributed by atoms with E-state index in [1.165, 1.54) is 26.2 Å². The van der Waals surface area contributed by atoms with E-state index in [4.69, 9.17) is 19.3 Å². The number of aryl methyl sites for hydroxylation is 1. The average Bonchev–Trinajstić information content (AvgIpc) is 2.95. The number of carboxylic acids is 1. The minimum absolute atomic E-state index is 0.0994. The summed E-state index contributed by atoms with van der Waals surface area (Å²) < 4.78 is 30.4. The summed E-state index contributed by atoms with van der Waals surface area (Å²) in [6.07, 6.45) is 6.13. The Morgan fingerprint density at radius 3 is 2.77 bits per heavy atom. The number of fused-ring (bicyclic) bond motifs is 1. The van der Waals surface area contributed by atoms with Crippen LogP contribution in [0.2, 0.25) is 0 Å². The van der Waals surface area contributed by atoms with Gasteiger partial charge in [-0.1, -0.05) is 25.2 Å². The molecule has 2 rings (SSSR count). The van der Waals surface area contributed by atoms with Crippen molar-refractivity contribution in [3.05, 3.63) is 53.1 Å². The van der Waals surface area contributed by atoms with Gasteiger partial charge in [0, 0.05) is 0 Å². The van der Waals surface area contributed by atoms with Crippen LogP contribution in [0, 0.1) is 18.2 Å². The predicted octanol–water partition coefficient (Wildman–Crippen LogP) is 4.47. The predicted molar refractivity (Wildman–Crippen MR) is 95.6 cm³/mol. The molecule has 0 fully saturated rings. The first kappa shape index (κ1) is 19.2. The van der Waals surface area contributed by atoms with Gasteiger partial charge < -0.3 is 19.0 Å². The number of methoxy groups -OCH3 is 1. The third-order valence-electron chi connectivity index (χ3n) is 3.70. The topological polar surface area (TPSA) is 92.8 Å². The molecule has 2 N–H and O–H groups in total. The Morgan fingerprint density at radius 2 is 2.15 bits per heavy atom. The number of benzene rings is 1. The molecule has 0 atom stereocenters. The number of ether oxygens (including phenoxy) is 2. The molecule has 138 valence electrons. The Kier molecular flexibility index (Phi) is 6.16. The molecular formula is C19H20FNO5. The standard InChI is InChI=1S/C19H20FNO5/c1-4-5-6-7-12(18(21)24-3)10-25-14-9-8-13-16(17(14)20)15(19(22)23)11(2)26-13/h5-9,21H,4,10H2,1-3H3,(H,22,23)/b6-5-,12-7-,21-18?. The van der Waals surface area contributed by atoms with Gasteiger partial charge in [-0.25, -0.2) is 9.18 Å². The van der Waals surface area contributed by atoms with Crippen LogP contribution in [0.25, 0.3) is 11.0 Å². The molecule has 0 spiro atoms. The van der Waals surface area contributed by atoms with Crippen molar-refractivity contribution in [2.24, 2.45) is 0 Å². The van der Waals surface area contributed by atoms with Gasteiger partial charge in [0.05, 0.1) is 18.1 Å². The van der Waals surface area contributed by atoms with E-state index in [2.05, 4.69) is 0 Å². The summed E-state index contributed by atoms with van der Waals surface area (Å²) in [5, 5.41) is 16.9.